The molecule has 0 radical (unpaired) electrons. The molecule has 1 aromatic rings. The lowest BCUT2D eigenvalue weighted by Crippen LogP contribution is -2.39. The molecular formula is C13H21NO4S. The number of rotatable bonds is 4. The van der Waals surface area contributed by atoms with E-state index in [1.165, 1.54) is 16.4 Å². The van der Waals surface area contributed by atoms with Gasteiger partial charge in [0.05, 0.1) is 0 Å². The number of aliphatic hydroxyl groups is 1. The number of nitrogens with zero attached hydrogens (tertiary/aromatic N) is 1. The zero-order valence-corrected chi connectivity index (χ0v) is 12.2. The van der Waals surface area contributed by atoms with E-state index in [1.807, 2.05) is 0 Å². The summed E-state index contributed by atoms with van der Waals surface area (Å²) in [6.07, 6.45) is 1.79. The average Bonchev–Trinajstić information content (AvgIpc) is 2.88. The Hall–Kier alpha value is -0.850. The van der Waals surface area contributed by atoms with Crippen molar-refractivity contribution in [2.75, 3.05) is 13.1 Å². The van der Waals surface area contributed by atoms with E-state index < -0.39 is 10.0 Å². The summed E-state index contributed by atoms with van der Waals surface area (Å²) in [7, 11) is -3.54. The van der Waals surface area contributed by atoms with Crippen LogP contribution in [-0.4, -0.2) is 30.9 Å². The fourth-order valence-corrected chi connectivity index (χ4v) is 3.89. The van der Waals surface area contributed by atoms with E-state index in [0.717, 1.165) is 12.8 Å². The number of hydrogen-bond acceptors (Lipinski definition) is 4. The van der Waals surface area contributed by atoms with Gasteiger partial charge >= 0.3 is 0 Å². The molecule has 2 heterocycles. The number of sulfonamides is 1. The van der Waals surface area contributed by atoms with Crippen LogP contribution in [0.15, 0.2) is 21.6 Å². The second-order valence-corrected chi connectivity index (χ2v) is 7.23. The van der Waals surface area contributed by atoms with Crippen LogP contribution in [0.5, 0.6) is 0 Å². The Labute approximate surface area is 114 Å². The van der Waals surface area contributed by atoms with Crippen LogP contribution < -0.4 is 0 Å². The van der Waals surface area contributed by atoms with Crippen LogP contribution in [-0.2, 0) is 16.6 Å². The zero-order chi connectivity index (χ0) is 14.0. The summed E-state index contributed by atoms with van der Waals surface area (Å²) in [5.41, 5.74) is 0. The quantitative estimate of drug-likeness (QED) is 0.917. The van der Waals surface area contributed by atoms with Crippen molar-refractivity contribution in [3.05, 3.63) is 17.9 Å². The van der Waals surface area contributed by atoms with E-state index in [4.69, 9.17) is 9.52 Å². The van der Waals surface area contributed by atoms with Crippen molar-refractivity contribution in [2.24, 2.45) is 11.8 Å². The van der Waals surface area contributed by atoms with E-state index >= 15 is 0 Å². The minimum Gasteiger partial charge on any atom is -0.446 e. The van der Waals surface area contributed by atoms with Gasteiger partial charge in [-0.05, 0) is 36.8 Å². The van der Waals surface area contributed by atoms with Crippen molar-refractivity contribution in [1.29, 1.82) is 0 Å². The zero-order valence-electron chi connectivity index (χ0n) is 11.4. The average molecular weight is 287 g/mol. The van der Waals surface area contributed by atoms with Crippen molar-refractivity contribution in [3.63, 3.8) is 0 Å². The normalized spacial score (nSPS) is 19.2. The van der Waals surface area contributed by atoms with Crippen LogP contribution in [0, 0.1) is 11.8 Å². The maximum absolute atomic E-state index is 12.3. The first-order chi connectivity index (χ1) is 8.95. The molecule has 108 valence electrons. The van der Waals surface area contributed by atoms with Gasteiger partial charge in [-0.2, -0.15) is 4.31 Å². The van der Waals surface area contributed by atoms with Crippen molar-refractivity contribution >= 4 is 10.0 Å². The smallest absolute Gasteiger partial charge is 0.276 e. The number of piperidine rings is 1. The topological polar surface area (TPSA) is 70.8 Å². The first-order valence-corrected chi connectivity index (χ1v) is 8.09. The van der Waals surface area contributed by atoms with Crippen molar-refractivity contribution in [1.82, 2.24) is 4.31 Å². The van der Waals surface area contributed by atoms with Gasteiger partial charge in [0, 0.05) is 13.1 Å². The standard InChI is InChI=1S/C13H21NO4S/c1-10(2)11-5-7-14(8-6-11)19(16,17)13-4-3-12(9-15)18-13/h3-4,10-11,15H,5-9H2,1-2H3. The summed E-state index contributed by atoms with van der Waals surface area (Å²) in [5, 5.41) is 8.85. The van der Waals surface area contributed by atoms with Crippen LogP contribution >= 0.6 is 0 Å². The van der Waals surface area contributed by atoms with Gasteiger partial charge in [0.1, 0.15) is 12.4 Å². The molecule has 2 rings (SSSR count). The second kappa shape index (κ2) is 5.64. The molecular weight excluding hydrogens is 266 g/mol. The third-order valence-electron chi connectivity index (χ3n) is 3.83. The summed E-state index contributed by atoms with van der Waals surface area (Å²) >= 11 is 0. The van der Waals surface area contributed by atoms with Crippen molar-refractivity contribution in [2.45, 2.75) is 38.4 Å². The molecule has 19 heavy (non-hydrogen) atoms. The SMILES string of the molecule is CC(C)C1CCN(S(=O)(=O)c2ccc(CO)o2)CC1. The van der Waals surface area contributed by atoms with Crippen molar-refractivity contribution < 1.29 is 17.9 Å². The lowest BCUT2D eigenvalue weighted by molar-refractivity contribution is 0.217. The van der Waals surface area contributed by atoms with E-state index in [-0.39, 0.29) is 17.5 Å². The molecule has 0 saturated carbocycles. The molecule has 1 aromatic heterocycles. The maximum atomic E-state index is 12.3. The van der Waals surface area contributed by atoms with Crippen LogP contribution in [0.1, 0.15) is 32.4 Å². The molecule has 1 aliphatic heterocycles. The predicted molar refractivity (Wildman–Crippen MR) is 71.0 cm³/mol. The highest BCUT2D eigenvalue weighted by atomic mass is 32.2. The highest BCUT2D eigenvalue weighted by Gasteiger charge is 2.32. The lowest BCUT2D eigenvalue weighted by atomic mass is 9.87. The Morgan fingerprint density at radius 1 is 1.37 bits per heavy atom. The van der Waals surface area contributed by atoms with Gasteiger partial charge in [-0.15, -0.1) is 0 Å². The van der Waals surface area contributed by atoms with Crippen LogP contribution in [0.4, 0.5) is 0 Å². The summed E-state index contributed by atoms with van der Waals surface area (Å²) in [5.74, 6) is 1.46. The van der Waals surface area contributed by atoms with E-state index in [9.17, 15) is 8.42 Å². The predicted octanol–water partition coefficient (Wildman–Crippen LogP) is 1.83. The van der Waals surface area contributed by atoms with E-state index in [0.29, 0.717) is 24.9 Å². The lowest BCUT2D eigenvalue weighted by Gasteiger charge is -2.32. The first kappa shape index (κ1) is 14.6. The van der Waals surface area contributed by atoms with Gasteiger partial charge in [-0.1, -0.05) is 13.8 Å². The Kier molecular flexibility index (Phi) is 4.32. The van der Waals surface area contributed by atoms with E-state index in [1.54, 1.807) is 0 Å². The molecule has 1 saturated heterocycles. The monoisotopic (exact) mass is 287 g/mol. The fourth-order valence-electron chi connectivity index (χ4n) is 2.49. The van der Waals surface area contributed by atoms with Gasteiger partial charge in [0.2, 0.25) is 5.09 Å². The Morgan fingerprint density at radius 3 is 2.47 bits per heavy atom. The molecule has 0 atom stereocenters. The summed E-state index contributed by atoms with van der Waals surface area (Å²) in [4.78, 5) is 0. The largest absolute Gasteiger partial charge is 0.446 e. The third kappa shape index (κ3) is 3.01. The maximum Gasteiger partial charge on any atom is 0.276 e. The third-order valence-corrected chi connectivity index (χ3v) is 5.60. The van der Waals surface area contributed by atoms with Gasteiger partial charge in [0.15, 0.2) is 0 Å². The number of aliphatic hydroxyl groups excluding tert-OH is 1. The molecule has 0 amide bonds. The Bertz CT molecular complexity index is 513. The molecule has 6 heteroatoms. The summed E-state index contributed by atoms with van der Waals surface area (Å²) in [6.45, 7) is 5.15. The molecule has 0 spiro atoms. The van der Waals surface area contributed by atoms with Gasteiger partial charge < -0.3 is 9.52 Å². The number of hydrogen-bond donors (Lipinski definition) is 1. The van der Waals surface area contributed by atoms with Gasteiger partial charge in [0.25, 0.3) is 10.0 Å². The fraction of sp³-hybridized carbons (Fsp3) is 0.692. The van der Waals surface area contributed by atoms with Gasteiger partial charge in [-0.3, -0.25) is 0 Å². The molecule has 0 bridgehead atoms. The Balaban J connectivity index is 2.09. The van der Waals surface area contributed by atoms with Crippen LogP contribution in [0.2, 0.25) is 0 Å². The molecule has 1 N–H and O–H groups in total. The van der Waals surface area contributed by atoms with Crippen molar-refractivity contribution in [3.8, 4) is 0 Å². The molecule has 0 aliphatic carbocycles. The summed E-state index contributed by atoms with van der Waals surface area (Å²) < 4.78 is 31.3. The minimum atomic E-state index is -3.54. The second-order valence-electron chi connectivity index (χ2n) is 5.36. The molecule has 1 aliphatic rings. The van der Waals surface area contributed by atoms with E-state index in [2.05, 4.69) is 13.8 Å². The molecule has 5 nitrogen and oxygen atoms in total. The van der Waals surface area contributed by atoms with Crippen LogP contribution in [0.25, 0.3) is 0 Å². The van der Waals surface area contributed by atoms with Crippen LogP contribution in [0.3, 0.4) is 0 Å². The summed E-state index contributed by atoms with van der Waals surface area (Å²) in [6, 6.07) is 2.91. The minimum absolute atomic E-state index is 0.0699. The van der Waals surface area contributed by atoms with Gasteiger partial charge in [-0.25, -0.2) is 8.42 Å². The molecule has 0 aromatic carbocycles. The highest BCUT2D eigenvalue weighted by molar-refractivity contribution is 7.89. The first-order valence-electron chi connectivity index (χ1n) is 6.65. The molecule has 0 unspecified atom stereocenters. The Morgan fingerprint density at radius 2 is 2.00 bits per heavy atom. The molecule has 1 fully saturated rings. The highest BCUT2D eigenvalue weighted by Crippen LogP contribution is 2.28. The number of furan rings is 1.